The number of anilines is 2. The van der Waals surface area contributed by atoms with Gasteiger partial charge >= 0.3 is 6.03 Å². The molecule has 6 heteroatoms. The lowest BCUT2D eigenvalue weighted by Gasteiger charge is -2.37. The van der Waals surface area contributed by atoms with Crippen LogP contribution in [-0.4, -0.2) is 51.3 Å². The van der Waals surface area contributed by atoms with E-state index in [0.29, 0.717) is 30.3 Å². The number of hydrogen-bond donors (Lipinski definition) is 1. The van der Waals surface area contributed by atoms with Crippen LogP contribution in [0.5, 0.6) is 11.5 Å². The third-order valence-electron chi connectivity index (χ3n) is 5.12. The highest BCUT2D eigenvalue weighted by Gasteiger charge is 2.22. The Hall–Kier alpha value is -2.89. The van der Waals surface area contributed by atoms with Crippen LogP contribution >= 0.6 is 0 Å². The molecule has 1 aliphatic heterocycles. The zero-order valence-electron chi connectivity index (χ0n) is 16.4. The smallest absolute Gasteiger partial charge is 0.321 e. The summed E-state index contributed by atoms with van der Waals surface area (Å²) in [6.07, 6.45) is 0. The van der Waals surface area contributed by atoms with Crippen molar-refractivity contribution in [3.8, 4) is 11.5 Å². The fraction of sp³-hybridized carbons (Fsp3) is 0.381. The van der Waals surface area contributed by atoms with Crippen molar-refractivity contribution in [1.82, 2.24) is 4.90 Å². The zero-order valence-corrected chi connectivity index (χ0v) is 16.4. The minimum absolute atomic E-state index is 0.0946. The predicted molar refractivity (Wildman–Crippen MR) is 108 cm³/mol. The van der Waals surface area contributed by atoms with Gasteiger partial charge in [-0.25, -0.2) is 4.79 Å². The summed E-state index contributed by atoms with van der Waals surface area (Å²) in [6, 6.07) is 11.6. The summed E-state index contributed by atoms with van der Waals surface area (Å²) in [7, 11) is 3.17. The molecule has 0 atom stereocenters. The van der Waals surface area contributed by atoms with E-state index in [4.69, 9.17) is 9.47 Å². The molecule has 1 fully saturated rings. The summed E-state index contributed by atoms with van der Waals surface area (Å²) in [5, 5.41) is 2.95. The Morgan fingerprint density at radius 2 is 1.67 bits per heavy atom. The monoisotopic (exact) mass is 369 g/mol. The molecule has 27 heavy (non-hydrogen) atoms. The molecule has 0 bridgehead atoms. The number of carbonyl (C=O) groups excluding carboxylic acids is 1. The van der Waals surface area contributed by atoms with Crippen LogP contribution in [-0.2, 0) is 0 Å². The first kappa shape index (κ1) is 18.9. The SMILES string of the molecule is COc1ccc(NC(=O)N2CCN(c3cccc(C)c3C)CC2)cc1OC. The van der Waals surface area contributed by atoms with Gasteiger partial charge in [-0.15, -0.1) is 0 Å². The van der Waals surface area contributed by atoms with E-state index in [1.54, 1.807) is 26.4 Å². The number of nitrogens with one attached hydrogen (secondary N) is 1. The Balaban J connectivity index is 1.61. The summed E-state index contributed by atoms with van der Waals surface area (Å²) in [5.74, 6) is 1.23. The molecule has 0 aromatic heterocycles. The third kappa shape index (κ3) is 4.10. The number of benzene rings is 2. The lowest BCUT2D eigenvalue weighted by atomic mass is 10.1. The van der Waals surface area contributed by atoms with Gasteiger partial charge in [0.25, 0.3) is 0 Å². The molecule has 2 aromatic carbocycles. The molecule has 0 aliphatic carbocycles. The van der Waals surface area contributed by atoms with Crippen LogP contribution in [0.25, 0.3) is 0 Å². The number of carbonyl (C=O) groups is 1. The summed E-state index contributed by atoms with van der Waals surface area (Å²) >= 11 is 0. The van der Waals surface area contributed by atoms with Crippen LogP contribution in [0, 0.1) is 13.8 Å². The molecular formula is C21H27N3O3. The molecule has 1 heterocycles. The summed E-state index contributed by atoms with van der Waals surface area (Å²) < 4.78 is 10.5. The van der Waals surface area contributed by atoms with Crippen LogP contribution in [0.15, 0.2) is 36.4 Å². The summed E-state index contributed by atoms with van der Waals surface area (Å²) in [6.45, 7) is 7.30. The van der Waals surface area contributed by atoms with Crippen molar-refractivity contribution in [2.45, 2.75) is 13.8 Å². The third-order valence-corrected chi connectivity index (χ3v) is 5.12. The van der Waals surface area contributed by atoms with E-state index in [-0.39, 0.29) is 6.03 Å². The highest BCUT2D eigenvalue weighted by atomic mass is 16.5. The molecular weight excluding hydrogens is 342 g/mol. The Labute approximate surface area is 160 Å². The van der Waals surface area contributed by atoms with Gasteiger partial charge in [0, 0.05) is 43.6 Å². The first-order chi connectivity index (χ1) is 13.0. The zero-order chi connectivity index (χ0) is 19.4. The molecule has 144 valence electrons. The molecule has 0 saturated carbocycles. The molecule has 0 spiro atoms. The number of urea groups is 1. The summed E-state index contributed by atoms with van der Waals surface area (Å²) in [5.41, 5.74) is 4.55. The maximum absolute atomic E-state index is 12.6. The Morgan fingerprint density at radius 3 is 2.33 bits per heavy atom. The van der Waals surface area contributed by atoms with Gasteiger partial charge in [0.1, 0.15) is 0 Å². The first-order valence-corrected chi connectivity index (χ1v) is 9.12. The maximum Gasteiger partial charge on any atom is 0.321 e. The molecule has 1 N–H and O–H groups in total. The van der Waals surface area contributed by atoms with Gasteiger partial charge in [0.05, 0.1) is 14.2 Å². The molecule has 3 rings (SSSR count). The molecule has 0 unspecified atom stereocenters. The Bertz CT molecular complexity index is 814. The maximum atomic E-state index is 12.6. The van der Waals surface area contributed by atoms with E-state index in [1.807, 2.05) is 11.0 Å². The number of amides is 2. The largest absolute Gasteiger partial charge is 0.493 e. The minimum atomic E-state index is -0.0946. The average molecular weight is 369 g/mol. The van der Waals surface area contributed by atoms with Gasteiger partial charge in [-0.1, -0.05) is 12.1 Å². The predicted octanol–water partition coefficient (Wildman–Crippen LogP) is 3.67. The quantitative estimate of drug-likeness (QED) is 0.893. The number of rotatable bonds is 4. The number of nitrogens with zero attached hydrogens (tertiary/aromatic N) is 2. The van der Waals surface area contributed by atoms with Crippen molar-refractivity contribution in [3.63, 3.8) is 0 Å². The molecule has 0 radical (unpaired) electrons. The number of ether oxygens (including phenoxy) is 2. The molecule has 2 amide bonds. The van der Waals surface area contributed by atoms with Crippen LogP contribution in [0.4, 0.5) is 16.2 Å². The van der Waals surface area contributed by atoms with E-state index in [0.717, 1.165) is 13.1 Å². The normalized spacial score (nSPS) is 14.1. The standard InChI is InChI=1S/C21H27N3O3/c1-15-6-5-7-18(16(15)2)23-10-12-24(13-11-23)21(25)22-17-8-9-19(26-3)20(14-17)27-4/h5-9,14H,10-13H2,1-4H3,(H,22,25). The van der Waals surface area contributed by atoms with Crippen molar-refractivity contribution in [2.24, 2.45) is 0 Å². The van der Waals surface area contributed by atoms with Crippen molar-refractivity contribution in [3.05, 3.63) is 47.5 Å². The molecule has 1 saturated heterocycles. The lowest BCUT2D eigenvalue weighted by Crippen LogP contribution is -2.50. The van der Waals surface area contributed by atoms with Crippen molar-refractivity contribution in [1.29, 1.82) is 0 Å². The van der Waals surface area contributed by atoms with E-state index in [2.05, 4.69) is 42.3 Å². The fourth-order valence-corrected chi connectivity index (χ4v) is 3.35. The van der Waals surface area contributed by atoms with Gasteiger partial charge in [0.2, 0.25) is 0 Å². The van der Waals surface area contributed by atoms with E-state index in [9.17, 15) is 4.79 Å². The molecule has 1 aliphatic rings. The van der Waals surface area contributed by atoms with Crippen LogP contribution in [0.2, 0.25) is 0 Å². The number of piperazine rings is 1. The van der Waals surface area contributed by atoms with Gasteiger partial charge in [-0.2, -0.15) is 0 Å². The van der Waals surface area contributed by atoms with Crippen molar-refractivity contribution < 1.29 is 14.3 Å². The second-order valence-corrected chi connectivity index (χ2v) is 6.69. The topological polar surface area (TPSA) is 54.0 Å². The Kier molecular flexibility index (Phi) is 5.74. The number of aryl methyl sites for hydroxylation is 1. The Morgan fingerprint density at radius 1 is 0.963 bits per heavy atom. The molecule has 6 nitrogen and oxygen atoms in total. The first-order valence-electron chi connectivity index (χ1n) is 9.12. The average Bonchev–Trinajstić information content (AvgIpc) is 2.70. The summed E-state index contributed by atoms with van der Waals surface area (Å²) in [4.78, 5) is 16.8. The number of methoxy groups -OCH3 is 2. The second-order valence-electron chi connectivity index (χ2n) is 6.69. The highest BCUT2D eigenvalue weighted by molar-refractivity contribution is 5.90. The van der Waals surface area contributed by atoms with Crippen molar-refractivity contribution >= 4 is 17.4 Å². The van der Waals surface area contributed by atoms with E-state index >= 15 is 0 Å². The van der Waals surface area contributed by atoms with Crippen molar-refractivity contribution in [2.75, 3.05) is 50.6 Å². The van der Waals surface area contributed by atoms with Gasteiger partial charge in [0.15, 0.2) is 11.5 Å². The van der Waals surface area contributed by atoms with Crippen LogP contribution in [0.1, 0.15) is 11.1 Å². The van der Waals surface area contributed by atoms with Gasteiger partial charge in [-0.3, -0.25) is 0 Å². The number of hydrogen-bond acceptors (Lipinski definition) is 4. The van der Waals surface area contributed by atoms with E-state index in [1.165, 1.54) is 16.8 Å². The minimum Gasteiger partial charge on any atom is -0.493 e. The van der Waals surface area contributed by atoms with Gasteiger partial charge in [-0.05, 0) is 43.2 Å². The van der Waals surface area contributed by atoms with Crippen LogP contribution in [0.3, 0.4) is 0 Å². The van der Waals surface area contributed by atoms with E-state index < -0.39 is 0 Å². The van der Waals surface area contributed by atoms with Gasteiger partial charge < -0.3 is 24.6 Å². The fourth-order valence-electron chi connectivity index (χ4n) is 3.35. The lowest BCUT2D eigenvalue weighted by molar-refractivity contribution is 0.208. The second kappa shape index (κ2) is 8.20. The molecule has 2 aromatic rings. The van der Waals surface area contributed by atoms with Crippen LogP contribution < -0.4 is 19.7 Å². The highest BCUT2D eigenvalue weighted by Crippen LogP contribution is 2.30.